The van der Waals surface area contributed by atoms with E-state index in [1.807, 2.05) is 20.8 Å². The first kappa shape index (κ1) is 34.4. The van der Waals surface area contributed by atoms with Crippen LogP contribution in [0.5, 0.6) is 5.75 Å². The fraction of sp³-hybridized carbons (Fsp3) is 0.594. The second kappa shape index (κ2) is 15.6. The highest BCUT2D eigenvalue weighted by molar-refractivity contribution is 5.99. The van der Waals surface area contributed by atoms with Crippen LogP contribution in [-0.4, -0.2) is 119 Å². The monoisotopic (exact) mass is 612 g/mol. The number of fused-ring (bicyclic) bond motifs is 1. The molecule has 12 heteroatoms. The number of hydrogen-bond donors (Lipinski definition) is 0. The van der Waals surface area contributed by atoms with Crippen LogP contribution in [0.15, 0.2) is 36.5 Å². The van der Waals surface area contributed by atoms with Crippen LogP contribution in [-0.2, 0) is 16.6 Å². The maximum absolute atomic E-state index is 13.8. The molecule has 0 bridgehead atoms. The van der Waals surface area contributed by atoms with Gasteiger partial charge in [0, 0.05) is 60.6 Å². The molecule has 4 amide bonds. The van der Waals surface area contributed by atoms with E-state index in [0.29, 0.717) is 81.9 Å². The third kappa shape index (κ3) is 9.45. The van der Waals surface area contributed by atoms with Gasteiger partial charge in [0.15, 0.2) is 0 Å². The van der Waals surface area contributed by atoms with E-state index in [0.717, 1.165) is 0 Å². The number of benzene rings is 1. The molecule has 2 aromatic rings. The first-order valence-electron chi connectivity index (χ1n) is 15.3. The van der Waals surface area contributed by atoms with Crippen LogP contribution >= 0.6 is 0 Å². The number of ether oxygens (including phenoxy) is 2. The lowest BCUT2D eigenvalue weighted by atomic mass is 10.1. The van der Waals surface area contributed by atoms with Gasteiger partial charge in [0.05, 0.1) is 12.2 Å². The average molecular weight is 613 g/mol. The lowest BCUT2D eigenvalue weighted by molar-refractivity contribution is -0.134. The molecule has 44 heavy (non-hydrogen) atoms. The molecule has 1 aliphatic heterocycles. The zero-order valence-corrected chi connectivity index (χ0v) is 27.2. The van der Waals surface area contributed by atoms with Gasteiger partial charge in [-0.05, 0) is 71.1 Å². The molecule has 0 radical (unpaired) electrons. The van der Waals surface area contributed by atoms with Crippen molar-refractivity contribution < 1.29 is 28.7 Å². The van der Waals surface area contributed by atoms with Crippen LogP contribution in [0.1, 0.15) is 73.7 Å². The van der Waals surface area contributed by atoms with Gasteiger partial charge in [-0.15, -0.1) is 0 Å². The highest BCUT2D eigenvalue weighted by atomic mass is 16.6. The molecule has 0 unspecified atom stereocenters. The number of carbonyl (C=O) groups is 4. The Morgan fingerprint density at radius 1 is 1.02 bits per heavy atom. The number of likely N-dealkylation sites (N-methyl/N-ethyl adjacent to an activating group) is 2. The zero-order valence-electron chi connectivity index (χ0n) is 27.2. The number of rotatable bonds is 5. The first-order chi connectivity index (χ1) is 20.8. The van der Waals surface area contributed by atoms with E-state index in [1.54, 1.807) is 79.4 Å². The van der Waals surface area contributed by atoms with E-state index < -0.39 is 11.6 Å². The smallest absolute Gasteiger partial charge is 0.410 e. The molecule has 0 N–H and O–H groups in total. The van der Waals surface area contributed by atoms with E-state index in [1.165, 1.54) is 9.58 Å². The molecular formula is C32H48N6O6. The maximum Gasteiger partial charge on any atom is 0.410 e. The minimum absolute atomic E-state index is 0.164. The summed E-state index contributed by atoms with van der Waals surface area (Å²) in [4.78, 5) is 59.7. The molecule has 2 heterocycles. The summed E-state index contributed by atoms with van der Waals surface area (Å²) < 4.78 is 13.2. The topological polar surface area (TPSA) is 118 Å². The summed E-state index contributed by atoms with van der Waals surface area (Å²) in [5, 5.41) is 4.07. The fourth-order valence-electron chi connectivity index (χ4n) is 5.06. The lowest BCUT2D eigenvalue weighted by Gasteiger charge is -2.32. The van der Waals surface area contributed by atoms with Crippen molar-refractivity contribution in [1.82, 2.24) is 29.4 Å². The molecule has 3 rings (SSSR count). The standard InChI is InChI=1S/C32H48N6O6/c1-32(2,3)44-31(42)38-21-11-10-19-34(4)29(40)25(15-12-20-35(5)30(41)26-17-18-33-37(26)7)36(6)28(39)24-14-8-9-16-27(24)43-23-13-22-38/h8-9,14,16-18,25H,10-13,15,19-23H2,1-7H3/t25-/m0/s1. The molecular weight excluding hydrogens is 564 g/mol. The molecule has 0 saturated heterocycles. The van der Waals surface area contributed by atoms with Gasteiger partial charge >= 0.3 is 6.09 Å². The summed E-state index contributed by atoms with van der Waals surface area (Å²) in [6.45, 7) is 7.62. The molecule has 242 valence electrons. The predicted octanol–water partition coefficient (Wildman–Crippen LogP) is 3.67. The summed E-state index contributed by atoms with van der Waals surface area (Å²) in [6, 6.07) is 7.90. The van der Waals surface area contributed by atoms with E-state index in [2.05, 4.69) is 5.10 Å². The van der Waals surface area contributed by atoms with E-state index in [4.69, 9.17) is 9.47 Å². The van der Waals surface area contributed by atoms with E-state index in [9.17, 15) is 19.2 Å². The van der Waals surface area contributed by atoms with Gasteiger partial charge in [-0.1, -0.05) is 12.1 Å². The third-order valence-corrected chi connectivity index (χ3v) is 7.58. The van der Waals surface area contributed by atoms with Gasteiger partial charge in [-0.3, -0.25) is 19.1 Å². The average Bonchev–Trinajstić information content (AvgIpc) is 3.41. The van der Waals surface area contributed by atoms with Gasteiger partial charge in [-0.25, -0.2) is 4.79 Å². The Bertz CT molecular complexity index is 1290. The van der Waals surface area contributed by atoms with Gasteiger partial charge in [0.1, 0.15) is 23.1 Å². The van der Waals surface area contributed by atoms with Crippen LogP contribution in [0.2, 0.25) is 0 Å². The van der Waals surface area contributed by atoms with E-state index in [-0.39, 0.29) is 23.8 Å². The highest BCUT2D eigenvalue weighted by Crippen LogP contribution is 2.23. The molecule has 12 nitrogen and oxygen atoms in total. The zero-order chi connectivity index (χ0) is 32.4. The fourth-order valence-corrected chi connectivity index (χ4v) is 5.06. The summed E-state index contributed by atoms with van der Waals surface area (Å²) in [5.74, 6) is -0.256. The predicted molar refractivity (Wildman–Crippen MR) is 167 cm³/mol. The number of hydrogen-bond acceptors (Lipinski definition) is 7. The largest absolute Gasteiger partial charge is 0.493 e. The maximum atomic E-state index is 13.8. The minimum atomic E-state index is -0.744. The molecule has 0 fully saturated rings. The molecule has 1 aromatic heterocycles. The number of nitrogens with zero attached hydrogens (tertiary/aromatic N) is 6. The van der Waals surface area contributed by atoms with Crippen LogP contribution < -0.4 is 4.74 Å². The SMILES string of the molecule is CN(CCC[C@H]1C(=O)N(C)CCCCN(C(=O)OC(C)(C)C)CCCOc2ccccc2C(=O)N1C)C(=O)c1ccnn1C. The Balaban J connectivity index is 1.79. The Labute approximate surface area is 260 Å². The van der Waals surface area contributed by atoms with Crippen LogP contribution in [0, 0.1) is 0 Å². The van der Waals surface area contributed by atoms with E-state index >= 15 is 0 Å². The van der Waals surface area contributed by atoms with Crippen molar-refractivity contribution in [3.05, 3.63) is 47.8 Å². The quantitative estimate of drug-likeness (QED) is 0.506. The molecule has 0 aliphatic carbocycles. The molecule has 0 saturated carbocycles. The summed E-state index contributed by atoms with van der Waals surface area (Å²) in [6.07, 6.45) is 3.98. The lowest BCUT2D eigenvalue weighted by Crippen LogP contribution is -2.49. The summed E-state index contributed by atoms with van der Waals surface area (Å²) in [7, 11) is 6.80. The second-order valence-corrected chi connectivity index (χ2v) is 12.3. The third-order valence-electron chi connectivity index (χ3n) is 7.58. The van der Waals surface area contributed by atoms with Crippen LogP contribution in [0.25, 0.3) is 0 Å². The van der Waals surface area contributed by atoms with Crippen molar-refractivity contribution in [1.29, 1.82) is 0 Å². The van der Waals surface area contributed by atoms with Crippen molar-refractivity contribution in [3.8, 4) is 5.75 Å². The summed E-state index contributed by atoms with van der Waals surface area (Å²) >= 11 is 0. The molecule has 0 spiro atoms. The highest BCUT2D eigenvalue weighted by Gasteiger charge is 2.31. The number of para-hydroxylation sites is 1. The van der Waals surface area contributed by atoms with Gasteiger partial charge in [-0.2, -0.15) is 5.10 Å². The number of aromatic nitrogens is 2. The Hall–Kier alpha value is -4.09. The Kier molecular flexibility index (Phi) is 12.2. The normalized spacial score (nSPS) is 17.6. The van der Waals surface area contributed by atoms with Crippen molar-refractivity contribution in [2.45, 2.75) is 64.5 Å². The Morgan fingerprint density at radius 3 is 2.39 bits per heavy atom. The second-order valence-electron chi connectivity index (χ2n) is 12.3. The minimum Gasteiger partial charge on any atom is -0.493 e. The van der Waals surface area contributed by atoms with Crippen LogP contribution in [0.4, 0.5) is 4.79 Å². The molecule has 1 aliphatic rings. The van der Waals surface area contributed by atoms with Gasteiger partial charge < -0.3 is 29.1 Å². The van der Waals surface area contributed by atoms with Gasteiger partial charge in [0.25, 0.3) is 11.8 Å². The summed E-state index contributed by atoms with van der Waals surface area (Å²) in [5.41, 5.74) is 0.216. The van der Waals surface area contributed by atoms with Crippen molar-refractivity contribution in [2.24, 2.45) is 7.05 Å². The number of amides is 4. The van der Waals surface area contributed by atoms with Crippen LogP contribution in [0.3, 0.4) is 0 Å². The number of aryl methyl sites for hydroxylation is 1. The van der Waals surface area contributed by atoms with Gasteiger partial charge in [0.2, 0.25) is 5.91 Å². The van der Waals surface area contributed by atoms with Crippen molar-refractivity contribution in [2.75, 3.05) is 53.9 Å². The number of carbonyl (C=O) groups excluding carboxylic acids is 4. The van der Waals surface area contributed by atoms with Crippen molar-refractivity contribution in [3.63, 3.8) is 0 Å². The first-order valence-corrected chi connectivity index (χ1v) is 15.3. The molecule has 1 aromatic carbocycles. The Morgan fingerprint density at radius 2 is 1.70 bits per heavy atom. The molecule has 1 atom stereocenters. The van der Waals surface area contributed by atoms with Crippen molar-refractivity contribution >= 4 is 23.8 Å².